The molecule has 0 saturated carbocycles. The molecule has 0 radical (unpaired) electrons. The van der Waals surface area contributed by atoms with Crippen molar-refractivity contribution in [1.29, 1.82) is 15.8 Å². The lowest BCUT2D eigenvalue weighted by atomic mass is 10.0. The van der Waals surface area contributed by atoms with Crippen LogP contribution in [0, 0.1) is 44.8 Å². The first kappa shape index (κ1) is 15.3. The molecular weight excluding hydrogens is 196 g/mol. The van der Waals surface area contributed by atoms with Gasteiger partial charge in [-0.3, -0.25) is 0 Å². The van der Waals surface area contributed by atoms with E-state index in [4.69, 9.17) is 25.9 Å². The number of nitrogens with zero attached hydrogens (tertiary/aromatic N) is 4. The molecule has 0 aliphatic heterocycles. The maximum Gasteiger partial charge on any atom is 0.152 e. The van der Waals surface area contributed by atoms with Gasteiger partial charge in [0.05, 0.1) is 30.5 Å². The zero-order valence-electron chi connectivity index (χ0n) is 8.26. The zero-order valence-corrected chi connectivity index (χ0v) is 8.26. The van der Waals surface area contributed by atoms with E-state index in [1.807, 2.05) is 12.1 Å². The monoisotopic (exact) mass is 208 g/mol. The first-order valence-electron chi connectivity index (χ1n) is 4.37. The average molecular weight is 208 g/mol. The van der Waals surface area contributed by atoms with Crippen molar-refractivity contribution in [3.63, 3.8) is 0 Å². The van der Waals surface area contributed by atoms with Crippen molar-refractivity contribution >= 4 is 0 Å². The Morgan fingerprint density at radius 3 is 2.20 bits per heavy atom. The molecule has 0 aromatic heterocycles. The molecule has 6 heteroatoms. The molecule has 0 aromatic rings. The Kier molecular flexibility index (Phi) is 14.7. The largest absolute Gasteiger partial charge is 0.379 e. The van der Waals surface area contributed by atoms with Crippen LogP contribution in [0.1, 0.15) is 32.1 Å². The molecule has 0 aliphatic rings. The zero-order chi connectivity index (χ0) is 11.9. The fourth-order valence-electron chi connectivity index (χ4n) is 0.917. The first-order chi connectivity index (χ1) is 7.26. The van der Waals surface area contributed by atoms with Gasteiger partial charge in [-0.15, -0.1) is 4.91 Å². The Balaban J connectivity index is 0. The van der Waals surface area contributed by atoms with Crippen LogP contribution >= 0.6 is 0 Å². The van der Waals surface area contributed by atoms with Crippen LogP contribution in [-0.4, -0.2) is 5.21 Å². The summed E-state index contributed by atoms with van der Waals surface area (Å²) in [5, 5.41) is 33.0. The van der Waals surface area contributed by atoms with Gasteiger partial charge in [0, 0.05) is 6.42 Å². The van der Waals surface area contributed by atoms with Crippen LogP contribution < -0.4 is 0 Å². The lowest BCUT2D eigenvalue weighted by Crippen LogP contribution is -1.94. The van der Waals surface area contributed by atoms with Gasteiger partial charge in [-0.05, 0) is 12.8 Å². The van der Waals surface area contributed by atoms with E-state index in [0.717, 1.165) is 19.3 Å². The predicted octanol–water partition coefficient (Wildman–Crippen LogP) is 2.27. The second kappa shape index (κ2) is 14.4. The van der Waals surface area contributed by atoms with Gasteiger partial charge in [0.2, 0.25) is 0 Å². The van der Waals surface area contributed by atoms with Gasteiger partial charge < -0.3 is 5.21 Å². The molecular formula is C9H12N4O2. The smallest absolute Gasteiger partial charge is 0.152 e. The third kappa shape index (κ3) is 14.7. The second-order valence-electron chi connectivity index (χ2n) is 2.67. The Labute approximate surface area is 88.3 Å². The third-order valence-electron chi connectivity index (χ3n) is 1.61. The number of rotatable bonds is 5. The summed E-state index contributed by atoms with van der Waals surface area (Å²) in [5.41, 5.74) is 0. The molecule has 1 N–H and O–H groups in total. The van der Waals surface area contributed by atoms with Gasteiger partial charge in [0.15, 0.2) is 5.34 Å². The molecule has 0 spiro atoms. The Morgan fingerprint density at radius 1 is 1.20 bits per heavy atom. The fourth-order valence-corrected chi connectivity index (χ4v) is 0.917. The number of unbranched alkanes of at least 4 members (excludes halogenated alkanes) is 2. The summed E-state index contributed by atoms with van der Waals surface area (Å²) in [4.78, 5) is 8.11. The highest BCUT2D eigenvalue weighted by Gasteiger charge is 2.05. The minimum atomic E-state index is -0.145. The molecule has 0 rings (SSSR count). The van der Waals surface area contributed by atoms with E-state index in [0.29, 0.717) is 12.8 Å². The average Bonchev–Trinajstić information content (AvgIpc) is 2.24. The van der Waals surface area contributed by atoms with E-state index >= 15 is 0 Å². The summed E-state index contributed by atoms with van der Waals surface area (Å²) >= 11 is 0. The topological polar surface area (TPSA) is 121 Å². The number of hydrogen-bond donors (Lipinski definition) is 1. The van der Waals surface area contributed by atoms with Crippen molar-refractivity contribution in [3.05, 3.63) is 4.91 Å². The molecule has 0 amide bonds. The second-order valence-corrected chi connectivity index (χ2v) is 2.67. The number of nitriles is 3. The van der Waals surface area contributed by atoms with Crippen LogP contribution in [0.25, 0.3) is 0 Å². The normalized spacial score (nSPS) is 9.40. The molecule has 15 heavy (non-hydrogen) atoms. The highest BCUT2D eigenvalue weighted by Crippen LogP contribution is 2.11. The predicted molar refractivity (Wildman–Crippen MR) is 51.0 cm³/mol. The highest BCUT2D eigenvalue weighted by atomic mass is 16.6. The van der Waals surface area contributed by atoms with Crippen LogP contribution in [-0.2, 0) is 0 Å². The SMILES string of the molecule is N#CCCCCC(C#N)CC#N.O=NO. The minimum absolute atomic E-state index is 0.145. The molecule has 0 bridgehead atoms. The van der Waals surface area contributed by atoms with Gasteiger partial charge in [-0.1, -0.05) is 6.42 Å². The summed E-state index contributed by atoms with van der Waals surface area (Å²) in [6.07, 6.45) is 3.30. The van der Waals surface area contributed by atoms with Gasteiger partial charge >= 0.3 is 0 Å². The minimum Gasteiger partial charge on any atom is -0.379 e. The van der Waals surface area contributed by atoms with Gasteiger partial charge in [-0.2, -0.15) is 15.8 Å². The standard InChI is InChI=1S/C9H11N3.HNO2/c10-6-3-1-2-4-9(8-12)5-7-11;2-1-3/h9H,1-5H2;(H,2,3). The van der Waals surface area contributed by atoms with E-state index in [1.54, 1.807) is 0 Å². The van der Waals surface area contributed by atoms with Crippen molar-refractivity contribution in [1.82, 2.24) is 0 Å². The van der Waals surface area contributed by atoms with E-state index in [2.05, 4.69) is 6.07 Å². The first-order valence-corrected chi connectivity index (χ1v) is 4.37. The summed E-state index contributed by atoms with van der Waals surface area (Å²) in [6.45, 7) is 0. The van der Waals surface area contributed by atoms with Crippen LogP contribution in [0.5, 0.6) is 0 Å². The summed E-state index contributed by atoms with van der Waals surface area (Å²) in [6, 6.07) is 6.09. The number of hydrogen-bond acceptors (Lipinski definition) is 5. The van der Waals surface area contributed by atoms with E-state index in [-0.39, 0.29) is 5.92 Å². The van der Waals surface area contributed by atoms with Crippen molar-refractivity contribution < 1.29 is 5.21 Å². The van der Waals surface area contributed by atoms with Gasteiger partial charge in [0.1, 0.15) is 0 Å². The Bertz CT molecular complexity index is 271. The van der Waals surface area contributed by atoms with Crippen molar-refractivity contribution in [2.24, 2.45) is 11.3 Å². The fraction of sp³-hybridized carbons (Fsp3) is 0.667. The van der Waals surface area contributed by atoms with Crippen molar-refractivity contribution in [2.75, 3.05) is 0 Å². The highest BCUT2D eigenvalue weighted by molar-refractivity contribution is 4.89. The van der Waals surface area contributed by atoms with Crippen molar-refractivity contribution in [2.45, 2.75) is 32.1 Å². The van der Waals surface area contributed by atoms with Crippen LogP contribution in [0.3, 0.4) is 0 Å². The Hall–Kier alpha value is -2.13. The van der Waals surface area contributed by atoms with E-state index in [1.165, 1.54) is 5.34 Å². The quantitative estimate of drug-likeness (QED) is 0.422. The summed E-state index contributed by atoms with van der Waals surface area (Å²) in [5.74, 6) is -0.145. The maximum atomic E-state index is 8.55. The lowest BCUT2D eigenvalue weighted by molar-refractivity contribution is 0.312. The molecule has 0 aromatic carbocycles. The van der Waals surface area contributed by atoms with E-state index in [9.17, 15) is 0 Å². The van der Waals surface area contributed by atoms with Gasteiger partial charge in [-0.25, -0.2) is 0 Å². The third-order valence-corrected chi connectivity index (χ3v) is 1.61. The summed E-state index contributed by atoms with van der Waals surface area (Å²) in [7, 11) is 0. The van der Waals surface area contributed by atoms with E-state index < -0.39 is 0 Å². The van der Waals surface area contributed by atoms with Crippen molar-refractivity contribution in [3.8, 4) is 18.2 Å². The molecule has 0 heterocycles. The molecule has 1 unspecified atom stereocenters. The molecule has 0 aliphatic carbocycles. The molecule has 0 saturated heterocycles. The molecule has 1 atom stereocenters. The van der Waals surface area contributed by atoms with Crippen LogP contribution in [0.15, 0.2) is 5.34 Å². The summed E-state index contributed by atoms with van der Waals surface area (Å²) < 4.78 is 0. The van der Waals surface area contributed by atoms with Crippen LogP contribution in [0.2, 0.25) is 0 Å². The molecule has 80 valence electrons. The molecule has 0 fully saturated rings. The van der Waals surface area contributed by atoms with Gasteiger partial charge in [0.25, 0.3) is 0 Å². The van der Waals surface area contributed by atoms with Crippen LogP contribution in [0.4, 0.5) is 0 Å². The Morgan fingerprint density at radius 2 is 1.80 bits per heavy atom. The maximum absolute atomic E-state index is 8.55. The lowest BCUT2D eigenvalue weighted by Gasteiger charge is -2.01. The molecule has 6 nitrogen and oxygen atoms in total.